The second-order valence-electron chi connectivity index (χ2n) is 8.21. The van der Waals surface area contributed by atoms with Crippen LogP contribution in [0, 0.1) is 23.0 Å². The Morgan fingerprint density at radius 2 is 1.94 bits per heavy atom. The summed E-state index contributed by atoms with van der Waals surface area (Å²) in [5.41, 5.74) is 4.04. The van der Waals surface area contributed by atoms with Crippen LogP contribution in [0.3, 0.4) is 0 Å². The Kier molecular flexibility index (Phi) is 7.55. The summed E-state index contributed by atoms with van der Waals surface area (Å²) in [5, 5.41) is 13.2. The predicted octanol–water partition coefficient (Wildman–Crippen LogP) is 4.79. The average Bonchev–Trinajstić information content (AvgIpc) is 2.87. The van der Waals surface area contributed by atoms with E-state index < -0.39 is 11.6 Å². The monoisotopic (exact) mass is 461 g/mol. The number of hydrogen-bond acceptors (Lipinski definition) is 6. The van der Waals surface area contributed by atoms with Crippen molar-refractivity contribution in [2.24, 2.45) is 5.16 Å². The maximum Gasteiger partial charge on any atom is 0.159 e. The van der Waals surface area contributed by atoms with Crippen molar-refractivity contribution < 1.29 is 13.6 Å². The smallest absolute Gasteiger partial charge is 0.159 e. The Labute approximate surface area is 197 Å². The van der Waals surface area contributed by atoms with E-state index in [0.29, 0.717) is 35.1 Å². The third-order valence-corrected chi connectivity index (χ3v) is 5.90. The second kappa shape index (κ2) is 10.9. The first-order valence-electron chi connectivity index (χ1n) is 11.3. The van der Waals surface area contributed by atoms with Crippen LogP contribution in [0.5, 0.6) is 0 Å². The van der Waals surface area contributed by atoms with Gasteiger partial charge in [0.2, 0.25) is 0 Å². The van der Waals surface area contributed by atoms with Crippen LogP contribution in [0.4, 0.5) is 8.78 Å². The molecule has 0 saturated carbocycles. The standard InChI is InChI=1S/C26H25F2N5O/c1-2-34-32-26(21-4-5-23(27)24(28)12-21)25-6-3-18(15-31-25)17-33-9-7-20(8-10-33)22-11-19(13-29)14-30-16-22/h3-6,11-12,14-16,20H,2,7-10,17H2,1H3/b32-26+. The lowest BCUT2D eigenvalue weighted by atomic mass is 9.90. The summed E-state index contributed by atoms with van der Waals surface area (Å²) in [7, 11) is 0. The maximum absolute atomic E-state index is 13.8. The normalized spacial score (nSPS) is 15.2. The molecule has 1 aliphatic rings. The fourth-order valence-corrected chi connectivity index (χ4v) is 4.10. The van der Waals surface area contributed by atoms with Gasteiger partial charge in [-0.3, -0.25) is 14.9 Å². The Bertz CT molecular complexity index is 1200. The molecule has 1 saturated heterocycles. The number of nitriles is 1. The fourth-order valence-electron chi connectivity index (χ4n) is 4.10. The van der Waals surface area contributed by atoms with E-state index in [4.69, 9.17) is 10.1 Å². The Morgan fingerprint density at radius 3 is 2.62 bits per heavy atom. The minimum atomic E-state index is -0.947. The number of piperidine rings is 1. The van der Waals surface area contributed by atoms with E-state index in [1.54, 1.807) is 19.3 Å². The second-order valence-corrected chi connectivity index (χ2v) is 8.21. The van der Waals surface area contributed by atoms with Crippen molar-refractivity contribution in [3.8, 4) is 6.07 Å². The molecule has 2 aromatic heterocycles. The molecule has 0 N–H and O–H groups in total. The van der Waals surface area contributed by atoms with Crippen LogP contribution in [-0.2, 0) is 11.4 Å². The Hall–Kier alpha value is -3.70. The van der Waals surface area contributed by atoms with Crippen LogP contribution in [-0.4, -0.2) is 40.3 Å². The molecule has 1 aromatic carbocycles. The summed E-state index contributed by atoms with van der Waals surface area (Å²) in [4.78, 5) is 16.3. The summed E-state index contributed by atoms with van der Waals surface area (Å²) < 4.78 is 27.1. The van der Waals surface area contributed by atoms with E-state index in [2.05, 4.69) is 26.1 Å². The third-order valence-electron chi connectivity index (χ3n) is 5.90. The number of aromatic nitrogens is 2. The van der Waals surface area contributed by atoms with Crippen molar-refractivity contribution in [1.82, 2.24) is 14.9 Å². The molecule has 0 unspecified atom stereocenters. The molecule has 1 aliphatic heterocycles. The molecular formula is C26H25F2N5O. The average molecular weight is 462 g/mol. The molecular weight excluding hydrogens is 436 g/mol. The van der Waals surface area contributed by atoms with Crippen molar-refractivity contribution in [2.45, 2.75) is 32.2 Å². The highest BCUT2D eigenvalue weighted by Crippen LogP contribution is 2.28. The van der Waals surface area contributed by atoms with Gasteiger partial charge in [0, 0.05) is 30.7 Å². The summed E-state index contributed by atoms with van der Waals surface area (Å²) >= 11 is 0. The first-order valence-corrected chi connectivity index (χ1v) is 11.3. The quantitative estimate of drug-likeness (QED) is 0.373. The summed E-state index contributed by atoms with van der Waals surface area (Å²) in [6, 6.07) is 11.5. The van der Waals surface area contributed by atoms with Gasteiger partial charge in [0.25, 0.3) is 0 Å². The molecule has 6 nitrogen and oxygen atoms in total. The summed E-state index contributed by atoms with van der Waals surface area (Å²) in [6.07, 6.45) is 7.24. The highest BCUT2D eigenvalue weighted by atomic mass is 19.2. The predicted molar refractivity (Wildman–Crippen MR) is 124 cm³/mol. The molecule has 174 valence electrons. The summed E-state index contributed by atoms with van der Waals surface area (Å²) in [5.74, 6) is -1.46. The van der Waals surface area contributed by atoms with Crippen molar-refractivity contribution >= 4 is 5.71 Å². The number of likely N-dealkylation sites (tertiary alicyclic amines) is 1. The highest BCUT2D eigenvalue weighted by molar-refractivity contribution is 6.11. The third kappa shape index (κ3) is 5.61. The first-order chi connectivity index (χ1) is 16.6. The lowest BCUT2D eigenvalue weighted by Gasteiger charge is -2.32. The number of nitrogens with zero attached hydrogens (tertiary/aromatic N) is 5. The van der Waals surface area contributed by atoms with Crippen LogP contribution in [0.25, 0.3) is 0 Å². The number of benzene rings is 1. The molecule has 34 heavy (non-hydrogen) atoms. The zero-order valence-corrected chi connectivity index (χ0v) is 18.9. The molecule has 8 heteroatoms. The first kappa shape index (κ1) is 23.5. The van der Waals surface area contributed by atoms with E-state index in [1.165, 1.54) is 6.07 Å². The van der Waals surface area contributed by atoms with Gasteiger partial charge in [-0.15, -0.1) is 0 Å². The van der Waals surface area contributed by atoms with Gasteiger partial charge in [-0.25, -0.2) is 8.78 Å². The van der Waals surface area contributed by atoms with Crippen LogP contribution >= 0.6 is 0 Å². The lowest BCUT2D eigenvalue weighted by molar-refractivity contribution is 0.159. The van der Waals surface area contributed by atoms with Crippen LogP contribution in [0.2, 0.25) is 0 Å². The zero-order valence-electron chi connectivity index (χ0n) is 18.9. The van der Waals surface area contributed by atoms with Crippen LogP contribution in [0.15, 0.2) is 60.1 Å². The SMILES string of the molecule is CCO/N=C(\c1ccc(F)c(F)c1)c1ccc(CN2CCC(c3cncc(C#N)c3)CC2)cn1. The molecule has 0 radical (unpaired) electrons. The van der Waals surface area contributed by atoms with E-state index in [0.717, 1.165) is 55.7 Å². The van der Waals surface area contributed by atoms with E-state index >= 15 is 0 Å². The topological polar surface area (TPSA) is 74.4 Å². The van der Waals surface area contributed by atoms with E-state index in [-0.39, 0.29) is 0 Å². The largest absolute Gasteiger partial charge is 0.396 e. The van der Waals surface area contributed by atoms with Crippen molar-refractivity contribution in [1.29, 1.82) is 5.26 Å². The van der Waals surface area contributed by atoms with Crippen molar-refractivity contribution in [3.63, 3.8) is 0 Å². The molecule has 0 atom stereocenters. The van der Waals surface area contributed by atoms with E-state index in [1.807, 2.05) is 24.4 Å². The number of pyridine rings is 2. The summed E-state index contributed by atoms with van der Waals surface area (Å²) in [6.45, 7) is 4.78. The number of hydrogen-bond donors (Lipinski definition) is 0. The molecule has 0 bridgehead atoms. The molecule has 4 rings (SSSR count). The van der Waals surface area contributed by atoms with Gasteiger partial charge in [0.15, 0.2) is 11.6 Å². The molecule has 3 heterocycles. The fraction of sp³-hybridized carbons (Fsp3) is 0.308. The van der Waals surface area contributed by atoms with Gasteiger partial charge >= 0.3 is 0 Å². The molecule has 1 fully saturated rings. The van der Waals surface area contributed by atoms with Gasteiger partial charge in [0.05, 0.1) is 11.3 Å². The van der Waals surface area contributed by atoms with Gasteiger partial charge in [-0.05, 0) is 80.2 Å². The highest BCUT2D eigenvalue weighted by Gasteiger charge is 2.21. The minimum Gasteiger partial charge on any atom is -0.396 e. The molecule has 0 amide bonds. The van der Waals surface area contributed by atoms with Crippen LogP contribution < -0.4 is 0 Å². The zero-order chi connectivity index (χ0) is 23.9. The maximum atomic E-state index is 13.8. The minimum absolute atomic E-state index is 0.345. The number of oxime groups is 1. The van der Waals surface area contributed by atoms with Gasteiger partial charge in [-0.1, -0.05) is 11.2 Å². The number of halogens is 2. The van der Waals surface area contributed by atoms with Gasteiger partial charge < -0.3 is 4.84 Å². The molecule has 0 aliphatic carbocycles. The Morgan fingerprint density at radius 1 is 1.12 bits per heavy atom. The molecule has 3 aromatic rings. The van der Waals surface area contributed by atoms with Crippen LogP contribution in [0.1, 0.15) is 53.6 Å². The van der Waals surface area contributed by atoms with Gasteiger partial charge in [0.1, 0.15) is 18.4 Å². The van der Waals surface area contributed by atoms with Crippen molar-refractivity contribution in [3.05, 3.63) is 94.6 Å². The lowest BCUT2D eigenvalue weighted by Crippen LogP contribution is -2.32. The number of rotatable bonds is 7. The van der Waals surface area contributed by atoms with Gasteiger partial charge in [-0.2, -0.15) is 5.26 Å². The Balaban J connectivity index is 1.41. The molecule has 0 spiro atoms. The van der Waals surface area contributed by atoms with Crippen molar-refractivity contribution in [2.75, 3.05) is 19.7 Å². The van der Waals surface area contributed by atoms with E-state index in [9.17, 15) is 8.78 Å².